The Morgan fingerprint density at radius 3 is 2.44 bits per heavy atom. The predicted octanol–water partition coefficient (Wildman–Crippen LogP) is 1.79. The van der Waals surface area contributed by atoms with Gasteiger partial charge in [0, 0.05) is 31.7 Å². The lowest BCUT2D eigenvalue weighted by Crippen LogP contribution is -2.49. The van der Waals surface area contributed by atoms with Crippen LogP contribution in [0.5, 0.6) is 0 Å². The fraction of sp³-hybridized carbons (Fsp3) is 0.286. The van der Waals surface area contributed by atoms with Gasteiger partial charge < -0.3 is 14.5 Å². The summed E-state index contributed by atoms with van der Waals surface area (Å²) in [6.07, 6.45) is 0. The lowest BCUT2D eigenvalue weighted by molar-refractivity contribution is 0.0746. The second-order valence-corrected chi connectivity index (χ2v) is 6.52. The second-order valence-electron chi connectivity index (χ2n) is 6.52. The molecule has 0 atom stereocenters. The summed E-state index contributed by atoms with van der Waals surface area (Å²) in [6, 6.07) is 16.3. The summed E-state index contributed by atoms with van der Waals surface area (Å²) in [5.41, 5.74) is 2.05. The quantitative estimate of drug-likeness (QED) is 0.834. The Morgan fingerprint density at radius 1 is 0.926 bits per heavy atom. The van der Waals surface area contributed by atoms with Gasteiger partial charge in [-0.2, -0.15) is 0 Å². The lowest BCUT2D eigenvalue weighted by Gasteiger charge is -2.35. The summed E-state index contributed by atoms with van der Waals surface area (Å²) in [5, 5.41) is 0. The normalized spacial score (nSPS) is 16.7. The van der Waals surface area contributed by atoms with Crippen molar-refractivity contribution in [2.24, 2.45) is 4.99 Å². The molecule has 0 aliphatic carbocycles. The van der Waals surface area contributed by atoms with Crippen molar-refractivity contribution in [2.75, 3.05) is 44.2 Å². The number of aliphatic imine (C=N–C) groups is 1. The number of ether oxygens (including phenoxy) is 1. The van der Waals surface area contributed by atoms with Crippen LogP contribution in [0.15, 0.2) is 64.4 Å². The third-order valence-electron chi connectivity index (χ3n) is 4.86. The van der Waals surface area contributed by atoms with E-state index >= 15 is 0 Å². The van der Waals surface area contributed by atoms with Crippen molar-refractivity contribution in [2.45, 2.75) is 0 Å². The summed E-state index contributed by atoms with van der Waals surface area (Å²) in [5.74, 6) is 0.523. The zero-order valence-electron chi connectivity index (χ0n) is 15.0. The van der Waals surface area contributed by atoms with Crippen molar-refractivity contribution in [1.82, 2.24) is 4.90 Å². The van der Waals surface area contributed by atoms with Crippen molar-refractivity contribution in [3.05, 3.63) is 75.9 Å². The van der Waals surface area contributed by atoms with Gasteiger partial charge in [0.05, 0.1) is 17.8 Å². The van der Waals surface area contributed by atoms with Gasteiger partial charge in [-0.3, -0.25) is 9.59 Å². The van der Waals surface area contributed by atoms with Gasteiger partial charge in [-0.1, -0.05) is 30.3 Å². The Kier molecular flexibility index (Phi) is 4.87. The molecule has 0 unspecified atom stereocenters. The van der Waals surface area contributed by atoms with Gasteiger partial charge >= 0.3 is 0 Å². The van der Waals surface area contributed by atoms with Gasteiger partial charge in [0.15, 0.2) is 0 Å². The highest BCUT2D eigenvalue weighted by molar-refractivity contribution is 6.07. The topological polar surface area (TPSA) is 62.2 Å². The smallest absolute Gasteiger partial charge is 0.254 e. The highest BCUT2D eigenvalue weighted by Gasteiger charge is 2.26. The van der Waals surface area contributed by atoms with Gasteiger partial charge in [0.2, 0.25) is 11.3 Å². The Morgan fingerprint density at radius 2 is 1.67 bits per heavy atom. The number of carbonyl (C=O) groups is 1. The molecule has 0 saturated carbocycles. The molecule has 1 saturated heterocycles. The first kappa shape index (κ1) is 17.3. The molecule has 0 N–H and O–H groups in total. The monoisotopic (exact) mass is 363 g/mol. The number of anilines is 1. The summed E-state index contributed by atoms with van der Waals surface area (Å²) < 4.78 is 5.55. The van der Waals surface area contributed by atoms with Crippen LogP contribution in [0.2, 0.25) is 0 Å². The van der Waals surface area contributed by atoms with E-state index in [4.69, 9.17) is 4.74 Å². The molecular formula is C21H21N3O3. The van der Waals surface area contributed by atoms with Crippen molar-refractivity contribution >= 4 is 17.5 Å². The van der Waals surface area contributed by atoms with Crippen LogP contribution in [0.4, 0.5) is 5.69 Å². The molecule has 2 aliphatic rings. The number of benzene rings is 1. The van der Waals surface area contributed by atoms with Gasteiger partial charge in [-0.05, 0) is 24.3 Å². The van der Waals surface area contributed by atoms with Crippen molar-refractivity contribution in [3.63, 3.8) is 0 Å². The minimum Gasteiger partial charge on any atom is -0.475 e. The number of hydrogen-bond donors (Lipinski definition) is 0. The number of hydrogen-bond acceptors (Lipinski definition) is 5. The highest BCUT2D eigenvalue weighted by Crippen LogP contribution is 2.18. The van der Waals surface area contributed by atoms with Crippen molar-refractivity contribution in [3.8, 4) is 0 Å². The van der Waals surface area contributed by atoms with E-state index in [1.54, 1.807) is 12.1 Å². The molecule has 2 heterocycles. The standard InChI is InChI=1S/C21H21N3O3/c25-19-9-3-1-2-8-18(19)23-11-13-24(14-12-23)21(26)17-7-5-4-6-16(17)20-22-10-15-27-20/h1-9H,10-15H2. The molecule has 2 aromatic carbocycles. The number of carbonyl (C=O) groups excluding carboxylic acids is 1. The lowest BCUT2D eigenvalue weighted by atomic mass is 10.1. The van der Waals surface area contributed by atoms with E-state index in [0.717, 1.165) is 5.56 Å². The van der Waals surface area contributed by atoms with Gasteiger partial charge in [-0.15, -0.1) is 0 Å². The number of amides is 1. The van der Waals surface area contributed by atoms with Crippen LogP contribution in [0, 0.1) is 0 Å². The maximum Gasteiger partial charge on any atom is 0.254 e. The summed E-state index contributed by atoms with van der Waals surface area (Å²) in [7, 11) is 0. The summed E-state index contributed by atoms with van der Waals surface area (Å²) in [6.45, 7) is 3.58. The SMILES string of the molecule is O=C(c1ccccc1C1=NCCO1)N1CCN(c2cccccc2=O)CC1. The number of piperazine rings is 1. The number of rotatable bonds is 3. The van der Waals surface area contributed by atoms with Crippen molar-refractivity contribution in [1.29, 1.82) is 0 Å². The fourth-order valence-corrected chi connectivity index (χ4v) is 3.46. The van der Waals surface area contributed by atoms with Crippen LogP contribution in [-0.2, 0) is 4.74 Å². The number of nitrogens with zero attached hydrogens (tertiary/aromatic N) is 3. The van der Waals surface area contributed by atoms with Crippen LogP contribution in [0.3, 0.4) is 0 Å². The Hall–Kier alpha value is -3.15. The average molecular weight is 363 g/mol. The second kappa shape index (κ2) is 7.61. The minimum absolute atomic E-state index is 0.00140. The molecule has 0 radical (unpaired) electrons. The third-order valence-corrected chi connectivity index (χ3v) is 4.86. The molecule has 1 amide bonds. The van der Waals surface area contributed by atoms with Gasteiger partial charge in [-0.25, -0.2) is 4.99 Å². The first-order chi connectivity index (χ1) is 13.2. The van der Waals surface area contributed by atoms with E-state index in [-0.39, 0.29) is 11.3 Å². The van der Waals surface area contributed by atoms with Crippen molar-refractivity contribution < 1.29 is 9.53 Å². The van der Waals surface area contributed by atoms with E-state index in [1.165, 1.54) is 0 Å². The van der Waals surface area contributed by atoms with Crippen LogP contribution in [0.1, 0.15) is 15.9 Å². The molecular weight excluding hydrogens is 342 g/mol. The first-order valence-corrected chi connectivity index (χ1v) is 9.14. The Balaban J connectivity index is 1.50. The Labute approximate surface area is 157 Å². The zero-order valence-corrected chi connectivity index (χ0v) is 15.0. The third kappa shape index (κ3) is 3.56. The molecule has 138 valence electrons. The predicted molar refractivity (Wildman–Crippen MR) is 105 cm³/mol. The molecule has 6 nitrogen and oxygen atoms in total. The molecule has 6 heteroatoms. The molecule has 0 bridgehead atoms. The molecule has 0 aromatic heterocycles. The van der Waals surface area contributed by atoms with E-state index in [9.17, 15) is 9.59 Å². The van der Waals surface area contributed by atoms with E-state index in [2.05, 4.69) is 4.99 Å². The Bertz CT molecular complexity index is 934. The summed E-state index contributed by atoms with van der Waals surface area (Å²) >= 11 is 0. The maximum atomic E-state index is 13.1. The fourth-order valence-electron chi connectivity index (χ4n) is 3.46. The maximum absolute atomic E-state index is 13.1. The molecule has 0 spiro atoms. The first-order valence-electron chi connectivity index (χ1n) is 9.14. The molecule has 1 fully saturated rings. The zero-order chi connectivity index (χ0) is 18.6. The average Bonchev–Trinajstić information content (AvgIpc) is 3.16. The van der Waals surface area contributed by atoms with E-state index in [1.807, 2.05) is 52.3 Å². The van der Waals surface area contributed by atoms with Crippen LogP contribution in [0.25, 0.3) is 0 Å². The van der Waals surface area contributed by atoms with Gasteiger partial charge in [0.25, 0.3) is 5.91 Å². The molecule has 4 rings (SSSR count). The molecule has 2 aromatic rings. The highest BCUT2D eigenvalue weighted by atomic mass is 16.5. The largest absolute Gasteiger partial charge is 0.475 e. The van der Waals surface area contributed by atoms with Crippen LogP contribution >= 0.6 is 0 Å². The van der Waals surface area contributed by atoms with Gasteiger partial charge in [0.1, 0.15) is 6.61 Å². The minimum atomic E-state index is -0.0237. The molecule has 27 heavy (non-hydrogen) atoms. The molecule has 2 aliphatic heterocycles. The van der Waals surface area contributed by atoms with E-state index in [0.29, 0.717) is 56.5 Å². The van der Waals surface area contributed by atoms with Crippen LogP contribution < -0.4 is 10.3 Å². The van der Waals surface area contributed by atoms with Crippen LogP contribution in [-0.4, -0.2) is 56.0 Å². The summed E-state index contributed by atoms with van der Waals surface area (Å²) in [4.78, 5) is 33.5. The van der Waals surface area contributed by atoms with E-state index < -0.39 is 0 Å².